The number of phenols is 1. The topological polar surface area (TPSA) is 57.5 Å². The van der Waals surface area contributed by atoms with Gasteiger partial charge in [0.15, 0.2) is 0 Å². The minimum Gasteiger partial charge on any atom is -0.508 e. The Kier molecular flexibility index (Phi) is 2.77. The number of carboxylic acids is 1. The van der Waals surface area contributed by atoms with Gasteiger partial charge in [-0.05, 0) is 31.0 Å². The summed E-state index contributed by atoms with van der Waals surface area (Å²) >= 11 is 0. The maximum atomic E-state index is 12.6. The molecule has 1 aromatic carbocycles. The molecule has 0 unspecified atom stereocenters. The minimum absolute atomic E-state index is 0.106. The smallest absolute Gasteiger partial charge is 0.314 e. The molecular formula is C12H12F2O3. The summed E-state index contributed by atoms with van der Waals surface area (Å²) in [6.07, 6.45) is -1.18. The first-order valence-corrected chi connectivity index (χ1v) is 5.32. The largest absolute Gasteiger partial charge is 0.508 e. The van der Waals surface area contributed by atoms with Gasteiger partial charge < -0.3 is 10.2 Å². The molecular weight excluding hydrogens is 230 g/mol. The van der Waals surface area contributed by atoms with E-state index in [-0.39, 0.29) is 16.9 Å². The number of aliphatic carboxylic acids is 1. The van der Waals surface area contributed by atoms with Crippen molar-refractivity contribution in [2.45, 2.75) is 31.1 Å². The Bertz CT molecular complexity index is 453. The van der Waals surface area contributed by atoms with Gasteiger partial charge in [0.1, 0.15) is 5.75 Å². The van der Waals surface area contributed by atoms with Crippen LogP contribution in [0.3, 0.4) is 0 Å². The molecule has 1 aromatic rings. The maximum Gasteiger partial charge on any atom is 0.314 e. The van der Waals surface area contributed by atoms with Crippen molar-refractivity contribution in [1.82, 2.24) is 0 Å². The quantitative estimate of drug-likeness (QED) is 0.856. The zero-order valence-electron chi connectivity index (χ0n) is 8.99. The van der Waals surface area contributed by atoms with Crippen LogP contribution in [-0.2, 0) is 10.2 Å². The fraction of sp³-hybridized carbons (Fsp3) is 0.417. The highest BCUT2D eigenvalue weighted by Crippen LogP contribution is 2.47. The SMILES string of the molecule is O=C(O)C1(c2cc(C(F)F)ccc2O)CCC1. The summed E-state index contributed by atoms with van der Waals surface area (Å²) in [7, 11) is 0. The Labute approximate surface area is 96.7 Å². The van der Waals surface area contributed by atoms with Gasteiger partial charge >= 0.3 is 5.97 Å². The second-order valence-electron chi connectivity index (χ2n) is 4.32. The third-order valence-corrected chi connectivity index (χ3v) is 3.40. The van der Waals surface area contributed by atoms with Crippen molar-refractivity contribution in [2.75, 3.05) is 0 Å². The van der Waals surface area contributed by atoms with E-state index in [1.165, 1.54) is 0 Å². The number of phenolic OH excluding ortho intramolecular Hbond substituents is 1. The number of benzene rings is 1. The summed E-state index contributed by atoms with van der Waals surface area (Å²) in [5.41, 5.74) is -1.34. The van der Waals surface area contributed by atoms with Crippen molar-refractivity contribution in [3.8, 4) is 5.75 Å². The highest BCUT2D eigenvalue weighted by atomic mass is 19.3. The van der Waals surface area contributed by atoms with Crippen LogP contribution in [0.5, 0.6) is 5.75 Å². The van der Waals surface area contributed by atoms with E-state index in [0.29, 0.717) is 12.8 Å². The molecule has 17 heavy (non-hydrogen) atoms. The van der Waals surface area contributed by atoms with Gasteiger partial charge in [-0.25, -0.2) is 8.78 Å². The number of hydrogen-bond acceptors (Lipinski definition) is 2. The monoisotopic (exact) mass is 242 g/mol. The van der Waals surface area contributed by atoms with Crippen molar-refractivity contribution in [3.05, 3.63) is 29.3 Å². The van der Waals surface area contributed by atoms with Gasteiger partial charge in [0, 0.05) is 11.1 Å². The molecule has 5 heteroatoms. The first-order valence-electron chi connectivity index (χ1n) is 5.32. The minimum atomic E-state index is -2.67. The molecule has 0 amide bonds. The first kappa shape index (κ1) is 11.8. The Balaban J connectivity index is 2.50. The third-order valence-electron chi connectivity index (χ3n) is 3.40. The number of aromatic hydroxyl groups is 1. The molecule has 0 bridgehead atoms. The standard InChI is InChI=1S/C12H12F2O3/c13-10(14)7-2-3-9(15)8(6-7)12(11(16)17)4-1-5-12/h2-3,6,10,15H,1,4-5H2,(H,16,17). The van der Waals surface area contributed by atoms with Crippen molar-refractivity contribution in [1.29, 1.82) is 0 Å². The first-order chi connectivity index (χ1) is 7.97. The summed E-state index contributed by atoms with van der Waals surface area (Å²) in [6, 6.07) is 3.35. The van der Waals surface area contributed by atoms with E-state index in [0.717, 1.165) is 24.6 Å². The van der Waals surface area contributed by atoms with Gasteiger partial charge in [-0.3, -0.25) is 4.79 Å². The summed E-state index contributed by atoms with van der Waals surface area (Å²) in [4.78, 5) is 11.2. The Morgan fingerprint density at radius 2 is 2.00 bits per heavy atom. The van der Waals surface area contributed by atoms with Crippen LogP contribution in [0.15, 0.2) is 18.2 Å². The highest BCUT2D eigenvalue weighted by Gasteiger charge is 2.47. The average Bonchev–Trinajstić information content (AvgIpc) is 2.18. The van der Waals surface area contributed by atoms with Crippen LogP contribution in [0, 0.1) is 0 Å². The Hall–Kier alpha value is -1.65. The number of rotatable bonds is 3. The second-order valence-corrected chi connectivity index (χ2v) is 4.32. The second kappa shape index (κ2) is 3.98. The highest BCUT2D eigenvalue weighted by molar-refractivity contribution is 5.83. The lowest BCUT2D eigenvalue weighted by molar-refractivity contribution is -0.147. The molecule has 0 saturated heterocycles. The van der Waals surface area contributed by atoms with Crippen LogP contribution in [0.1, 0.15) is 36.8 Å². The molecule has 2 N–H and O–H groups in total. The van der Waals surface area contributed by atoms with Crippen molar-refractivity contribution in [2.24, 2.45) is 0 Å². The number of alkyl halides is 2. The molecule has 0 heterocycles. The molecule has 0 aromatic heterocycles. The van der Waals surface area contributed by atoms with Crippen LogP contribution in [-0.4, -0.2) is 16.2 Å². The average molecular weight is 242 g/mol. The Morgan fingerprint density at radius 1 is 1.35 bits per heavy atom. The zero-order chi connectivity index (χ0) is 12.6. The van der Waals surface area contributed by atoms with E-state index in [4.69, 9.17) is 0 Å². The molecule has 0 spiro atoms. The number of carbonyl (C=O) groups is 1. The molecule has 3 nitrogen and oxygen atoms in total. The molecule has 0 atom stereocenters. The molecule has 2 rings (SSSR count). The summed E-state index contributed by atoms with van der Waals surface area (Å²) in [5.74, 6) is -1.29. The number of carboxylic acid groups (broad SMARTS) is 1. The lowest BCUT2D eigenvalue weighted by Crippen LogP contribution is -2.42. The fourth-order valence-corrected chi connectivity index (χ4v) is 2.20. The maximum absolute atomic E-state index is 12.6. The predicted molar refractivity (Wildman–Crippen MR) is 56.2 cm³/mol. The van der Waals surface area contributed by atoms with Gasteiger partial charge in [0.25, 0.3) is 6.43 Å². The van der Waals surface area contributed by atoms with Gasteiger partial charge in [-0.2, -0.15) is 0 Å². The summed E-state index contributed by atoms with van der Waals surface area (Å²) in [6.45, 7) is 0. The summed E-state index contributed by atoms with van der Waals surface area (Å²) in [5, 5.41) is 18.9. The number of hydrogen-bond donors (Lipinski definition) is 2. The van der Waals surface area contributed by atoms with Gasteiger partial charge in [0.05, 0.1) is 5.41 Å². The van der Waals surface area contributed by atoms with E-state index in [1.54, 1.807) is 0 Å². The predicted octanol–water partition coefficient (Wildman–Crippen LogP) is 2.84. The third kappa shape index (κ3) is 1.75. The van der Waals surface area contributed by atoms with E-state index in [2.05, 4.69) is 0 Å². The van der Waals surface area contributed by atoms with E-state index in [1.807, 2.05) is 0 Å². The lowest BCUT2D eigenvalue weighted by Gasteiger charge is -2.38. The molecule has 0 radical (unpaired) electrons. The van der Waals surface area contributed by atoms with Gasteiger partial charge in [-0.15, -0.1) is 0 Å². The molecule has 0 aliphatic heterocycles. The molecule has 1 aliphatic rings. The van der Waals surface area contributed by atoms with Gasteiger partial charge in [-0.1, -0.05) is 6.42 Å². The van der Waals surface area contributed by atoms with E-state index < -0.39 is 17.8 Å². The van der Waals surface area contributed by atoms with E-state index in [9.17, 15) is 23.8 Å². The Morgan fingerprint density at radius 3 is 2.41 bits per heavy atom. The van der Waals surface area contributed by atoms with Crippen molar-refractivity contribution >= 4 is 5.97 Å². The molecule has 92 valence electrons. The fourth-order valence-electron chi connectivity index (χ4n) is 2.20. The van der Waals surface area contributed by atoms with Gasteiger partial charge in [0.2, 0.25) is 0 Å². The van der Waals surface area contributed by atoms with Crippen LogP contribution >= 0.6 is 0 Å². The van der Waals surface area contributed by atoms with Crippen LogP contribution in [0.2, 0.25) is 0 Å². The van der Waals surface area contributed by atoms with E-state index >= 15 is 0 Å². The van der Waals surface area contributed by atoms with Crippen molar-refractivity contribution < 1.29 is 23.8 Å². The lowest BCUT2D eigenvalue weighted by atomic mass is 9.64. The molecule has 1 fully saturated rings. The van der Waals surface area contributed by atoms with Crippen LogP contribution < -0.4 is 0 Å². The normalized spacial score (nSPS) is 17.8. The van der Waals surface area contributed by atoms with Crippen LogP contribution in [0.25, 0.3) is 0 Å². The summed E-state index contributed by atoms with van der Waals surface area (Å²) < 4.78 is 25.1. The van der Waals surface area contributed by atoms with Crippen LogP contribution in [0.4, 0.5) is 8.78 Å². The number of halogens is 2. The molecule has 1 saturated carbocycles. The zero-order valence-corrected chi connectivity index (χ0v) is 8.99. The van der Waals surface area contributed by atoms with Crippen molar-refractivity contribution in [3.63, 3.8) is 0 Å². The molecule has 1 aliphatic carbocycles.